The number of carbonyl (C=O) groups excluding carboxylic acids is 1. The van der Waals surface area contributed by atoms with Crippen LogP contribution in [0.25, 0.3) is 0 Å². The molecule has 1 heterocycles. The molecule has 1 fully saturated rings. The van der Waals surface area contributed by atoms with E-state index in [1.165, 1.54) is 5.57 Å². The molecule has 0 bridgehead atoms. The van der Waals surface area contributed by atoms with Gasteiger partial charge >= 0.3 is 6.16 Å². The van der Waals surface area contributed by atoms with E-state index in [-0.39, 0.29) is 6.61 Å². The normalized spacial score (nSPS) is 24.0. The summed E-state index contributed by atoms with van der Waals surface area (Å²) < 4.78 is 9.49. The molecule has 0 saturated carbocycles. The summed E-state index contributed by atoms with van der Waals surface area (Å²) in [7, 11) is 0. The molecule has 0 aromatic rings. The highest BCUT2D eigenvalue weighted by Crippen LogP contribution is 2.24. The molecule has 1 aliphatic heterocycles. The summed E-state index contributed by atoms with van der Waals surface area (Å²) in [6.45, 7) is 5.82. The molecule has 0 amide bonds. The van der Waals surface area contributed by atoms with Crippen LogP contribution in [0, 0.1) is 0 Å². The minimum absolute atomic E-state index is 0.140. The second-order valence-corrected chi connectivity index (χ2v) is 4.34. The summed E-state index contributed by atoms with van der Waals surface area (Å²) in [5.41, 5.74) is 0.198. The molecule has 1 saturated heterocycles. The minimum Gasteiger partial charge on any atom is -0.430 e. The predicted octanol–water partition coefficient (Wildman–Crippen LogP) is 2.02. The molecule has 0 spiro atoms. The van der Waals surface area contributed by atoms with Crippen LogP contribution in [0.1, 0.15) is 33.6 Å². The van der Waals surface area contributed by atoms with Gasteiger partial charge in [0.05, 0.1) is 0 Å². The lowest BCUT2D eigenvalue weighted by atomic mass is 9.93. The Hall–Kier alpha value is -1.03. The number of ether oxygens (including phenoxy) is 2. The van der Waals surface area contributed by atoms with Crippen LogP contribution in [-0.2, 0) is 9.47 Å². The van der Waals surface area contributed by atoms with Crippen LogP contribution in [0.2, 0.25) is 0 Å². The Balaban J connectivity index is 2.44. The molecule has 0 aliphatic carbocycles. The molecule has 0 aromatic heterocycles. The quantitative estimate of drug-likeness (QED) is 0.574. The van der Waals surface area contributed by atoms with Crippen molar-refractivity contribution in [1.29, 1.82) is 0 Å². The van der Waals surface area contributed by atoms with Crippen molar-refractivity contribution in [3.63, 3.8) is 0 Å². The molecule has 4 nitrogen and oxygen atoms in total. The predicted molar refractivity (Wildman–Crippen MR) is 55.5 cm³/mol. The number of aliphatic hydroxyl groups is 1. The molecule has 0 radical (unpaired) electrons. The van der Waals surface area contributed by atoms with E-state index in [9.17, 15) is 9.90 Å². The lowest BCUT2D eigenvalue weighted by Gasteiger charge is -2.26. The first kappa shape index (κ1) is 12.0. The summed E-state index contributed by atoms with van der Waals surface area (Å²) in [6.07, 6.45) is 2.13. The largest absolute Gasteiger partial charge is 0.508 e. The number of allylic oxidation sites excluding steroid dienone is 2. The van der Waals surface area contributed by atoms with Crippen LogP contribution in [0.15, 0.2) is 11.6 Å². The first-order valence-corrected chi connectivity index (χ1v) is 5.11. The lowest BCUT2D eigenvalue weighted by molar-refractivity contribution is -0.0518. The van der Waals surface area contributed by atoms with Gasteiger partial charge < -0.3 is 14.6 Å². The highest BCUT2D eigenvalue weighted by atomic mass is 16.8. The molecule has 2 atom stereocenters. The van der Waals surface area contributed by atoms with E-state index in [1.807, 2.05) is 19.9 Å². The Morgan fingerprint density at radius 2 is 2.33 bits per heavy atom. The number of hydrogen-bond acceptors (Lipinski definition) is 4. The number of carbonyl (C=O) groups is 1. The Labute approximate surface area is 89.9 Å². The van der Waals surface area contributed by atoms with Gasteiger partial charge in [-0.25, -0.2) is 4.79 Å². The van der Waals surface area contributed by atoms with Crippen molar-refractivity contribution < 1.29 is 19.4 Å². The second kappa shape index (κ2) is 4.66. The number of cyclic esters (lactones) is 2. The maximum Gasteiger partial charge on any atom is 0.508 e. The second-order valence-electron chi connectivity index (χ2n) is 4.34. The van der Waals surface area contributed by atoms with E-state index in [0.717, 1.165) is 6.42 Å². The van der Waals surface area contributed by atoms with Crippen molar-refractivity contribution in [2.24, 2.45) is 0 Å². The Kier molecular flexibility index (Phi) is 3.74. The number of hydrogen-bond donors (Lipinski definition) is 1. The zero-order valence-electron chi connectivity index (χ0n) is 9.45. The molecule has 2 unspecified atom stereocenters. The first-order valence-electron chi connectivity index (χ1n) is 5.11. The molecule has 86 valence electrons. The molecule has 1 aliphatic rings. The molecular formula is C11H18O4. The van der Waals surface area contributed by atoms with Crippen LogP contribution in [0.5, 0.6) is 0 Å². The van der Waals surface area contributed by atoms with E-state index in [4.69, 9.17) is 4.74 Å². The van der Waals surface area contributed by atoms with Crippen molar-refractivity contribution in [2.45, 2.75) is 45.3 Å². The molecule has 4 heteroatoms. The summed E-state index contributed by atoms with van der Waals surface area (Å²) in [6, 6.07) is 0. The Morgan fingerprint density at radius 1 is 1.67 bits per heavy atom. The summed E-state index contributed by atoms with van der Waals surface area (Å²) in [5.74, 6) is 0. The van der Waals surface area contributed by atoms with Gasteiger partial charge in [-0.05, 0) is 33.6 Å². The standard InChI is InChI=1S/C11H18O4/c1-8(2)5-4-6-11(3,13)9-7-14-10(12)15-9/h5,9,13H,4,6-7H2,1-3H3. The van der Waals surface area contributed by atoms with Crippen LogP contribution < -0.4 is 0 Å². The summed E-state index contributed by atoms with van der Waals surface area (Å²) in [5, 5.41) is 10.1. The van der Waals surface area contributed by atoms with Gasteiger partial charge in [0.1, 0.15) is 12.2 Å². The lowest BCUT2D eigenvalue weighted by Crippen LogP contribution is -2.40. The average Bonchev–Trinajstić information content (AvgIpc) is 2.51. The molecule has 1 rings (SSSR count). The highest BCUT2D eigenvalue weighted by Gasteiger charge is 2.39. The molecule has 15 heavy (non-hydrogen) atoms. The van der Waals surface area contributed by atoms with Gasteiger partial charge in [-0.2, -0.15) is 0 Å². The van der Waals surface area contributed by atoms with Crippen molar-refractivity contribution in [1.82, 2.24) is 0 Å². The Morgan fingerprint density at radius 3 is 2.80 bits per heavy atom. The SMILES string of the molecule is CC(C)=CCCC(C)(O)C1COC(=O)O1. The number of rotatable bonds is 4. The van der Waals surface area contributed by atoms with Gasteiger partial charge in [-0.15, -0.1) is 0 Å². The van der Waals surface area contributed by atoms with E-state index < -0.39 is 17.9 Å². The van der Waals surface area contributed by atoms with Gasteiger partial charge in [-0.1, -0.05) is 11.6 Å². The third-order valence-corrected chi connectivity index (χ3v) is 2.49. The maximum absolute atomic E-state index is 10.7. The summed E-state index contributed by atoms with van der Waals surface area (Å²) in [4.78, 5) is 10.7. The maximum atomic E-state index is 10.7. The van der Waals surface area contributed by atoms with Gasteiger partial charge in [0.25, 0.3) is 0 Å². The Bertz CT molecular complexity index is 264. The fraction of sp³-hybridized carbons (Fsp3) is 0.727. The molecule has 0 aromatic carbocycles. The topological polar surface area (TPSA) is 55.8 Å². The van der Waals surface area contributed by atoms with Crippen LogP contribution in [-0.4, -0.2) is 29.6 Å². The fourth-order valence-electron chi connectivity index (χ4n) is 1.45. The zero-order chi connectivity index (χ0) is 11.5. The van der Waals surface area contributed by atoms with Crippen LogP contribution in [0.4, 0.5) is 4.79 Å². The van der Waals surface area contributed by atoms with Crippen LogP contribution >= 0.6 is 0 Å². The molecule has 1 N–H and O–H groups in total. The van der Waals surface area contributed by atoms with E-state index in [0.29, 0.717) is 6.42 Å². The third kappa shape index (κ3) is 3.55. The zero-order valence-corrected chi connectivity index (χ0v) is 9.45. The first-order chi connectivity index (χ1) is 6.92. The third-order valence-electron chi connectivity index (χ3n) is 2.49. The van der Waals surface area contributed by atoms with Crippen LogP contribution in [0.3, 0.4) is 0 Å². The minimum atomic E-state index is -1.02. The van der Waals surface area contributed by atoms with Gasteiger partial charge in [-0.3, -0.25) is 0 Å². The van der Waals surface area contributed by atoms with Gasteiger partial charge in [0.2, 0.25) is 0 Å². The smallest absolute Gasteiger partial charge is 0.430 e. The van der Waals surface area contributed by atoms with Gasteiger partial charge in [0, 0.05) is 0 Å². The van der Waals surface area contributed by atoms with Crippen molar-refractivity contribution in [3.05, 3.63) is 11.6 Å². The fourth-order valence-corrected chi connectivity index (χ4v) is 1.45. The highest BCUT2D eigenvalue weighted by molar-refractivity contribution is 5.62. The van der Waals surface area contributed by atoms with Gasteiger partial charge in [0.15, 0.2) is 6.10 Å². The van der Waals surface area contributed by atoms with E-state index in [1.54, 1.807) is 6.92 Å². The van der Waals surface area contributed by atoms with Crippen molar-refractivity contribution in [3.8, 4) is 0 Å². The molecular weight excluding hydrogens is 196 g/mol. The van der Waals surface area contributed by atoms with E-state index in [2.05, 4.69) is 4.74 Å². The average molecular weight is 214 g/mol. The van der Waals surface area contributed by atoms with Crippen molar-refractivity contribution >= 4 is 6.16 Å². The van der Waals surface area contributed by atoms with E-state index >= 15 is 0 Å². The summed E-state index contributed by atoms with van der Waals surface area (Å²) >= 11 is 0. The monoisotopic (exact) mass is 214 g/mol. The van der Waals surface area contributed by atoms with Crippen molar-refractivity contribution in [2.75, 3.05) is 6.61 Å².